The van der Waals surface area contributed by atoms with Gasteiger partial charge in [0.1, 0.15) is 0 Å². The molecule has 4 unspecified atom stereocenters. The Morgan fingerprint density at radius 1 is 1.32 bits per heavy atom. The lowest BCUT2D eigenvalue weighted by Crippen LogP contribution is -2.31. The van der Waals surface area contributed by atoms with Gasteiger partial charge < -0.3 is 14.2 Å². The molecule has 0 aromatic rings. The molecule has 0 fully saturated rings. The smallest absolute Gasteiger partial charge is 0.330 e. The number of hydrogen-bond acceptors (Lipinski definition) is 3. The van der Waals surface area contributed by atoms with E-state index in [9.17, 15) is 9.46 Å². The molecule has 19 heavy (non-hydrogen) atoms. The molecule has 1 aliphatic carbocycles. The van der Waals surface area contributed by atoms with E-state index >= 15 is 0 Å². The highest BCUT2D eigenvalue weighted by molar-refractivity contribution is 7.53. The standard InChI is InChI=1S/C14H27O4P/c1-10(2)17-9-13-7-6-12(5)8-14(13)18-19(15,16)11(3)4/h6-7,10-14H,8-9H2,1-5H3,(H,15,16). The van der Waals surface area contributed by atoms with E-state index in [-0.39, 0.29) is 23.8 Å². The molecule has 112 valence electrons. The molecule has 0 amide bonds. The van der Waals surface area contributed by atoms with Crippen molar-refractivity contribution in [2.24, 2.45) is 11.8 Å². The molecule has 5 heteroatoms. The van der Waals surface area contributed by atoms with E-state index in [4.69, 9.17) is 9.26 Å². The van der Waals surface area contributed by atoms with Crippen molar-refractivity contribution in [1.82, 2.24) is 0 Å². The topological polar surface area (TPSA) is 55.8 Å². The Kier molecular flexibility index (Phi) is 6.25. The second-order valence-electron chi connectivity index (χ2n) is 5.95. The van der Waals surface area contributed by atoms with Crippen molar-refractivity contribution in [2.75, 3.05) is 6.61 Å². The molecule has 0 spiro atoms. The van der Waals surface area contributed by atoms with Gasteiger partial charge >= 0.3 is 7.60 Å². The lowest BCUT2D eigenvalue weighted by atomic mass is 9.87. The lowest BCUT2D eigenvalue weighted by Gasteiger charge is -2.33. The highest BCUT2D eigenvalue weighted by Crippen LogP contribution is 2.50. The second kappa shape index (κ2) is 7.03. The fraction of sp³-hybridized carbons (Fsp3) is 0.857. The zero-order valence-electron chi connectivity index (χ0n) is 12.6. The SMILES string of the molecule is CC1C=CC(COC(C)C)C(OP(=O)(O)C(C)C)C1. The van der Waals surface area contributed by atoms with Gasteiger partial charge in [-0.2, -0.15) is 0 Å². The molecule has 0 aromatic heterocycles. The summed E-state index contributed by atoms with van der Waals surface area (Å²) in [5.41, 5.74) is -0.375. The molecule has 0 aromatic carbocycles. The predicted octanol–water partition coefficient (Wildman–Crippen LogP) is 3.60. The van der Waals surface area contributed by atoms with E-state index in [1.54, 1.807) is 13.8 Å². The molecule has 4 nitrogen and oxygen atoms in total. The van der Waals surface area contributed by atoms with Crippen LogP contribution >= 0.6 is 7.60 Å². The minimum Gasteiger partial charge on any atom is -0.378 e. The first-order chi connectivity index (χ1) is 8.72. The van der Waals surface area contributed by atoms with Crippen molar-refractivity contribution in [3.05, 3.63) is 12.2 Å². The van der Waals surface area contributed by atoms with E-state index in [0.29, 0.717) is 12.5 Å². The summed E-state index contributed by atoms with van der Waals surface area (Å²) in [6, 6.07) is 0. The minimum absolute atomic E-state index is 0.0535. The van der Waals surface area contributed by atoms with Gasteiger partial charge in [-0.05, 0) is 26.2 Å². The summed E-state index contributed by atoms with van der Waals surface area (Å²) < 4.78 is 23.2. The molecule has 1 aliphatic rings. The van der Waals surface area contributed by atoms with Gasteiger partial charge in [0.15, 0.2) is 0 Å². The third-order valence-corrected chi connectivity index (χ3v) is 5.21. The zero-order valence-corrected chi connectivity index (χ0v) is 13.5. The summed E-state index contributed by atoms with van der Waals surface area (Å²) in [5, 5.41) is 0. The van der Waals surface area contributed by atoms with Crippen LogP contribution < -0.4 is 0 Å². The van der Waals surface area contributed by atoms with Crippen LogP contribution in [0.1, 0.15) is 41.0 Å². The van der Waals surface area contributed by atoms with Crippen LogP contribution in [0.25, 0.3) is 0 Å². The minimum atomic E-state index is -3.53. The third-order valence-electron chi connectivity index (χ3n) is 3.33. The summed E-state index contributed by atoms with van der Waals surface area (Å²) in [5.74, 6) is 0.422. The van der Waals surface area contributed by atoms with Crippen LogP contribution in [0.3, 0.4) is 0 Å². The van der Waals surface area contributed by atoms with E-state index in [2.05, 4.69) is 19.1 Å². The van der Waals surface area contributed by atoms with Gasteiger partial charge in [0, 0.05) is 5.92 Å². The summed E-state index contributed by atoms with van der Waals surface area (Å²) in [6.07, 6.45) is 4.87. The maximum absolute atomic E-state index is 12.0. The molecule has 1 rings (SSSR count). The molecule has 1 N–H and O–H groups in total. The first-order valence-electron chi connectivity index (χ1n) is 7.03. The van der Waals surface area contributed by atoms with Gasteiger partial charge in [0.25, 0.3) is 0 Å². The van der Waals surface area contributed by atoms with Crippen LogP contribution in [-0.2, 0) is 13.8 Å². The van der Waals surface area contributed by atoms with E-state index < -0.39 is 7.60 Å². The average molecular weight is 290 g/mol. The first kappa shape index (κ1) is 16.9. The number of ether oxygens (including phenoxy) is 1. The molecule has 0 aliphatic heterocycles. The van der Waals surface area contributed by atoms with Crippen molar-refractivity contribution < 1.29 is 18.7 Å². The molecule has 0 heterocycles. The van der Waals surface area contributed by atoms with E-state index in [1.165, 1.54) is 0 Å². The molecule has 0 bridgehead atoms. The van der Waals surface area contributed by atoms with Crippen LogP contribution in [0.15, 0.2) is 12.2 Å². The van der Waals surface area contributed by atoms with Gasteiger partial charge in [0.2, 0.25) is 0 Å². The Morgan fingerprint density at radius 3 is 2.47 bits per heavy atom. The fourth-order valence-electron chi connectivity index (χ4n) is 1.98. The zero-order chi connectivity index (χ0) is 14.6. The molecule has 4 atom stereocenters. The van der Waals surface area contributed by atoms with Gasteiger partial charge in [-0.1, -0.05) is 32.9 Å². The van der Waals surface area contributed by atoms with Crippen LogP contribution in [0, 0.1) is 11.8 Å². The number of rotatable bonds is 6. The van der Waals surface area contributed by atoms with Gasteiger partial charge in [-0.3, -0.25) is 4.57 Å². The molecular weight excluding hydrogens is 263 g/mol. The Hall–Kier alpha value is -0.150. The Balaban J connectivity index is 2.71. The Labute approximate surface area is 116 Å². The normalized spacial score (nSPS) is 30.8. The van der Waals surface area contributed by atoms with Crippen molar-refractivity contribution in [2.45, 2.75) is 58.9 Å². The summed E-state index contributed by atoms with van der Waals surface area (Å²) in [4.78, 5) is 9.89. The molecule has 0 saturated heterocycles. The second-order valence-corrected chi connectivity index (χ2v) is 8.32. The highest BCUT2D eigenvalue weighted by Gasteiger charge is 2.34. The van der Waals surface area contributed by atoms with Gasteiger partial charge in [-0.15, -0.1) is 0 Å². The Bertz CT molecular complexity index is 351. The molecule has 0 saturated carbocycles. The van der Waals surface area contributed by atoms with Crippen molar-refractivity contribution >= 4 is 7.60 Å². The average Bonchev–Trinajstić information content (AvgIpc) is 2.27. The van der Waals surface area contributed by atoms with Crippen molar-refractivity contribution in [3.63, 3.8) is 0 Å². The maximum Gasteiger partial charge on any atom is 0.330 e. The number of allylic oxidation sites excluding steroid dienone is 1. The third kappa shape index (κ3) is 5.39. The summed E-state index contributed by atoms with van der Waals surface area (Å²) in [6.45, 7) is 10.0. The fourth-order valence-corrected chi connectivity index (χ4v) is 2.85. The van der Waals surface area contributed by atoms with Crippen LogP contribution in [0.5, 0.6) is 0 Å². The van der Waals surface area contributed by atoms with Gasteiger partial charge in [0.05, 0.1) is 24.5 Å². The highest BCUT2D eigenvalue weighted by atomic mass is 31.2. The van der Waals surface area contributed by atoms with Crippen LogP contribution in [0.4, 0.5) is 0 Å². The summed E-state index contributed by atoms with van der Waals surface area (Å²) >= 11 is 0. The van der Waals surface area contributed by atoms with Crippen molar-refractivity contribution in [1.29, 1.82) is 0 Å². The summed E-state index contributed by atoms with van der Waals surface area (Å²) in [7, 11) is -3.53. The predicted molar refractivity (Wildman–Crippen MR) is 77.3 cm³/mol. The monoisotopic (exact) mass is 290 g/mol. The maximum atomic E-state index is 12.0. The quantitative estimate of drug-likeness (QED) is 0.600. The van der Waals surface area contributed by atoms with Crippen LogP contribution in [-0.4, -0.2) is 29.4 Å². The first-order valence-corrected chi connectivity index (χ1v) is 8.67. The largest absolute Gasteiger partial charge is 0.378 e. The lowest BCUT2D eigenvalue weighted by molar-refractivity contribution is 0.0151. The van der Waals surface area contributed by atoms with Crippen LogP contribution in [0.2, 0.25) is 0 Å². The molecule has 0 radical (unpaired) electrons. The van der Waals surface area contributed by atoms with E-state index in [1.807, 2.05) is 13.8 Å². The molecular formula is C14H27O4P. The van der Waals surface area contributed by atoms with Crippen molar-refractivity contribution in [3.8, 4) is 0 Å². The Morgan fingerprint density at radius 2 is 1.95 bits per heavy atom. The van der Waals surface area contributed by atoms with E-state index in [0.717, 1.165) is 6.42 Å². The van der Waals surface area contributed by atoms with Gasteiger partial charge in [-0.25, -0.2) is 0 Å². The number of hydrogen-bond donors (Lipinski definition) is 1.